The van der Waals surface area contributed by atoms with Crippen LogP contribution in [0.2, 0.25) is 5.02 Å². The van der Waals surface area contributed by atoms with Gasteiger partial charge in [-0.3, -0.25) is 9.59 Å². The van der Waals surface area contributed by atoms with Crippen molar-refractivity contribution in [2.24, 2.45) is 5.92 Å². The van der Waals surface area contributed by atoms with Gasteiger partial charge in [0.25, 0.3) is 0 Å². The molecule has 30 heavy (non-hydrogen) atoms. The maximum absolute atomic E-state index is 13.1. The molecular weight excluding hydrogens is 416 g/mol. The Bertz CT molecular complexity index is 839. The van der Waals surface area contributed by atoms with E-state index in [9.17, 15) is 9.59 Å². The van der Waals surface area contributed by atoms with E-state index in [4.69, 9.17) is 11.6 Å². The summed E-state index contributed by atoms with van der Waals surface area (Å²) in [7, 11) is 0. The van der Waals surface area contributed by atoms with Crippen molar-refractivity contribution in [1.82, 2.24) is 10.2 Å². The molecule has 0 aliphatic carbocycles. The second-order valence-corrected chi connectivity index (χ2v) is 9.37. The van der Waals surface area contributed by atoms with Crippen molar-refractivity contribution in [2.75, 3.05) is 12.3 Å². The van der Waals surface area contributed by atoms with Crippen LogP contribution in [0.3, 0.4) is 0 Å². The third kappa shape index (κ3) is 8.04. The van der Waals surface area contributed by atoms with Gasteiger partial charge in [-0.1, -0.05) is 67.4 Å². The Kier molecular flexibility index (Phi) is 9.73. The molecular formula is C24H31ClN2O2S. The average molecular weight is 447 g/mol. The van der Waals surface area contributed by atoms with Gasteiger partial charge >= 0.3 is 0 Å². The number of aryl methyl sites for hydroxylation is 1. The third-order valence-corrected chi connectivity index (χ3v) is 5.93. The lowest BCUT2D eigenvalue weighted by atomic mass is 10.1. The van der Waals surface area contributed by atoms with Crippen LogP contribution in [0.1, 0.15) is 37.5 Å². The molecule has 0 fully saturated rings. The first-order chi connectivity index (χ1) is 14.3. The maximum atomic E-state index is 13.1. The number of carbonyl (C=O) groups excluding carboxylic acids is 2. The Labute approximate surface area is 189 Å². The van der Waals surface area contributed by atoms with E-state index in [1.807, 2.05) is 69.3 Å². The van der Waals surface area contributed by atoms with Crippen LogP contribution < -0.4 is 5.32 Å². The lowest BCUT2D eigenvalue weighted by molar-refractivity contribution is -0.138. The Balaban J connectivity index is 2.05. The molecule has 0 aliphatic rings. The number of benzene rings is 2. The summed E-state index contributed by atoms with van der Waals surface area (Å²) in [6.07, 6.45) is 0. The minimum absolute atomic E-state index is 0.0465. The fourth-order valence-electron chi connectivity index (χ4n) is 2.89. The molecule has 0 unspecified atom stereocenters. The van der Waals surface area contributed by atoms with Crippen molar-refractivity contribution in [3.8, 4) is 0 Å². The number of carbonyl (C=O) groups is 2. The summed E-state index contributed by atoms with van der Waals surface area (Å²) in [5.41, 5.74) is 3.25. The highest BCUT2D eigenvalue weighted by atomic mass is 35.5. The second kappa shape index (κ2) is 12.0. The molecule has 0 saturated carbocycles. The lowest BCUT2D eigenvalue weighted by Gasteiger charge is -2.29. The largest absolute Gasteiger partial charge is 0.354 e. The normalized spacial score (nSPS) is 11.9. The molecule has 4 nitrogen and oxygen atoms in total. The highest BCUT2D eigenvalue weighted by molar-refractivity contribution is 7.99. The van der Waals surface area contributed by atoms with Gasteiger partial charge in [0.1, 0.15) is 6.04 Å². The van der Waals surface area contributed by atoms with E-state index >= 15 is 0 Å². The molecule has 1 N–H and O–H groups in total. The summed E-state index contributed by atoms with van der Waals surface area (Å²) in [6, 6.07) is 15.2. The number of nitrogens with zero attached hydrogens (tertiary/aromatic N) is 1. The van der Waals surface area contributed by atoms with Crippen LogP contribution in [0.15, 0.2) is 48.5 Å². The quantitative estimate of drug-likeness (QED) is 0.554. The molecule has 6 heteroatoms. The summed E-state index contributed by atoms with van der Waals surface area (Å²) in [6.45, 7) is 8.93. The first-order valence-electron chi connectivity index (χ1n) is 10.2. The number of hydrogen-bond donors (Lipinski definition) is 1. The summed E-state index contributed by atoms with van der Waals surface area (Å²) in [5, 5.41) is 3.64. The second-order valence-electron chi connectivity index (χ2n) is 7.94. The highest BCUT2D eigenvalue weighted by Crippen LogP contribution is 2.18. The third-order valence-electron chi connectivity index (χ3n) is 4.71. The Morgan fingerprint density at radius 2 is 1.77 bits per heavy atom. The minimum Gasteiger partial charge on any atom is -0.354 e. The first kappa shape index (κ1) is 24.3. The lowest BCUT2D eigenvalue weighted by Crippen LogP contribution is -2.48. The van der Waals surface area contributed by atoms with Crippen LogP contribution in [-0.4, -0.2) is 35.1 Å². The molecule has 0 bridgehead atoms. The van der Waals surface area contributed by atoms with E-state index in [1.165, 1.54) is 11.8 Å². The van der Waals surface area contributed by atoms with Gasteiger partial charge in [0.15, 0.2) is 0 Å². The molecule has 0 aliphatic heterocycles. The standard InChI is InChI=1S/C24H31ClN2O2S/c1-17(2)13-26-24(29)19(4)27(14-20-10-8-18(3)9-11-20)23(28)16-30-15-21-6-5-7-22(25)12-21/h5-12,17,19H,13-16H2,1-4H3,(H,26,29)/t19-/m1/s1. The van der Waals surface area contributed by atoms with Crippen molar-refractivity contribution in [3.63, 3.8) is 0 Å². The molecule has 162 valence electrons. The summed E-state index contributed by atoms with van der Waals surface area (Å²) in [4.78, 5) is 27.4. The van der Waals surface area contributed by atoms with Gasteiger partial charge in [-0.25, -0.2) is 0 Å². The van der Waals surface area contributed by atoms with Gasteiger partial charge in [0.05, 0.1) is 5.75 Å². The highest BCUT2D eigenvalue weighted by Gasteiger charge is 2.26. The van der Waals surface area contributed by atoms with Gasteiger partial charge in [-0.15, -0.1) is 11.8 Å². The number of thioether (sulfide) groups is 1. The zero-order valence-electron chi connectivity index (χ0n) is 18.2. The van der Waals surface area contributed by atoms with Gasteiger partial charge in [-0.05, 0) is 43.0 Å². The molecule has 2 aromatic carbocycles. The van der Waals surface area contributed by atoms with Crippen molar-refractivity contribution >= 4 is 35.2 Å². The van der Waals surface area contributed by atoms with Crippen LogP contribution >= 0.6 is 23.4 Å². The van der Waals surface area contributed by atoms with E-state index in [0.29, 0.717) is 35.5 Å². The summed E-state index contributed by atoms with van der Waals surface area (Å²) in [5.74, 6) is 1.19. The number of halogens is 1. The zero-order valence-corrected chi connectivity index (χ0v) is 19.7. The topological polar surface area (TPSA) is 49.4 Å². The van der Waals surface area contributed by atoms with Crippen LogP contribution in [0.5, 0.6) is 0 Å². The molecule has 0 heterocycles. The fourth-order valence-corrected chi connectivity index (χ4v) is 3.96. The van der Waals surface area contributed by atoms with Gasteiger partial charge in [0, 0.05) is 23.9 Å². The van der Waals surface area contributed by atoms with Crippen molar-refractivity contribution in [2.45, 2.75) is 46.0 Å². The molecule has 0 spiro atoms. The molecule has 2 amide bonds. The number of amides is 2. The molecule has 2 aromatic rings. The van der Waals surface area contributed by atoms with E-state index in [-0.39, 0.29) is 11.8 Å². The van der Waals surface area contributed by atoms with Crippen LogP contribution in [0.4, 0.5) is 0 Å². The maximum Gasteiger partial charge on any atom is 0.242 e. The molecule has 0 aromatic heterocycles. The van der Waals surface area contributed by atoms with E-state index in [2.05, 4.69) is 5.32 Å². The van der Waals surface area contributed by atoms with Crippen molar-refractivity contribution in [3.05, 3.63) is 70.2 Å². The van der Waals surface area contributed by atoms with E-state index in [1.54, 1.807) is 11.8 Å². The predicted octanol–water partition coefficient (Wildman–Crippen LogP) is 5.07. The summed E-state index contributed by atoms with van der Waals surface area (Å²) < 4.78 is 0. The number of rotatable bonds is 10. The van der Waals surface area contributed by atoms with Crippen molar-refractivity contribution in [1.29, 1.82) is 0 Å². The Morgan fingerprint density at radius 1 is 1.07 bits per heavy atom. The van der Waals surface area contributed by atoms with Gasteiger partial charge < -0.3 is 10.2 Å². The summed E-state index contributed by atoms with van der Waals surface area (Å²) >= 11 is 7.57. The zero-order chi connectivity index (χ0) is 22.1. The monoisotopic (exact) mass is 446 g/mol. The molecule has 0 radical (unpaired) electrons. The average Bonchev–Trinajstić information content (AvgIpc) is 2.71. The van der Waals surface area contributed by atoms with E-state index < -0.39 is 6.04 Å². The number of nitrogens with one attached hydrogen (secondary N) is 1. The Morgan fingerprint density at radius 3 is 2.40 bits per heavy atom. The van der Waals surface area contributed by atoms with Crippen LogP contribution in [0, 0.1) is 12.8 Å². The van der Waals surface area contributed by atoms with Crippen LogP contribution in [-0.2, 0) is 21.9 Å². The fraction of sp³-hybridized carbons (Fsp3) is 0.417. The molecule has 0 saturated heterocycles. The first-order valence-corrected chi connectivity index (χ1v) is 11.7. The SMILES string of the molecule is Cc1ccc(CN(C(=O)CSCc2cccc(Cl)c2)[C@H](C)C(=O)NCC(C)C)cc1. The Hall–Kier alpha value is -1.98. The van der Waals surface area contributed by atoms with Gasteiger partial charge in [-0.2, -0.15) is 0 Å². The molecule has 2 rings (SSSR count). The van der Waals surface area contributed by atoms with E-state index in [0.717, 1.165) is 16.7 Å². The predicted molar refractivity (Wildman–Crippen MR) is 127 cm³/mol. The van der Waals surface area contributed by atoms with Crippen molar-refractivity contribution < 1.29 is 9.59 Å². The molecule has 1 atom stereocenters. The minimum atomic E-state index is -0.538. The smallest absolute Gasteiger partial charge is 0.242 e. The number of hydrogen-bond acceptors (Lipinski definition) is 3. The van der Waals surface area contributed by atoms with Crippen LogP contribution in [0.25, 0.3) is 0 Å². The van der Waals surface area contributed by atoms with Gasteiger partial charge in [0.2, 0.25) is 11.8 Å².